The van der Waals surface area contributed by atoms with Gasteiger partial charge in [0.1, 0.15) is 17.6 Å². The molecule has 0 aliphatic carbocycles. The van der Waals surface area contributed by atoms with Crippen LogP contribution in [0, 0.1) is 21.4 Å². The lowest BCUT2D eigenvalue weighted by Gasteiger charge is -2.09. The monoisotopic (exact) mass is 308 g/mol. The quantitative estimate of drug-likeness (QED) is 0.615. The van der Waals surface area contributed by atoms with E-state index in [4.69, 9.17) is 33.2 Å². The average Bonchev–Trinajstić information content (AvgIpc) is 2.42. The Labute approximate surface area is 124 Å². The van der Waals surface area contributed by atoms with Crippen molar-refractivity contribution in [1.29, 1.82) is 5.26 Å². The number of rotatable bonds is 3. The molecule has 2 aromatic carbocycles. The van der Waals surface area contributed by atoms with E-state index in [1.54, 1.807) is 6.07 Å². The first-order chi connectivity index (χ1) is 9.51. The van der Waals surface area contributed by atoms with E-state index in [0.29, 0.717) is 5.02 Å². The van der Waals surface area contributed by atoms with E-state index in [1.807, 2.05) is 6.07 Å². The van der Waals surface area contributed by atoms with E-state index in [1.165, 1.54) is 30.3 Å². The number of nitrogens with zero attached hydrogens (tertiary/aromatic N) is 2. The number of hydrogen-bond acceptors (Lipinski definition) is 4. The molecule has 0 unspecified atom stereocenters. The standard InChI is InChI=1S/C13H6Cl2N2O3/c14-9-1-3-12(8(5-9)7-16)20-13-4-2-10(17(18)19)6-11(13)15/h1-6H. The molecule has 0 saturated heterocycles. The number of benzene rings is 2. The number of ether oxygens (including phenoxy) is 1. The molecular formula is C13H6Cl2N2O3. The van der Waals surface area contributed by atoms with Crippen molar-refractivity contribution in [3.63, 3.8) is 0 Å². The third-order valence-corrected chi connectivity index (χ3v) is 2.94. The molecule has 0 aliphatic rings. The maximum absolute atomic E-state index is 10.6. The summed E-state index contributed by atoms with van der Waals surface area (Å²) in [6, 6.07) is 10.3. The molecule has 0 amide bonds. The second-order valence-electron chi connectivity index (χ2n) is 3.73. The van der Waals surface area contributed by atoms with Crippen molar-refractivity contribution in [3.8, 4) is 17.6 Å². The van der Waals surface area contributed by atoms with Crippen LogP contribution in [0.25, 0.3) is 0 Å². The lowest BCUT2D eigenvalue weighted by molar-refractivity contribution is -0.384. The van der Waals surface area contributed by atoms with Gasteiger partial charge >= 0.3 is 0 Å². The molecule has 7 heteroatoms. The minimum Gasteiger partial charge on any atom is -0.454 e. The summed E-state index contributed by atoms with van der Waals surface area (Å²) < 4.78 is 5.49. The van der Waals surface area contributed by atoms with Gasteiger partial charge in [-0.05, 0) is 24.3 Å². The lowest BCUT2D eigenvalue weighted by atomic mass is 10.2. The maximum Gasteiger partial charge on any atom is 0.271 e. The fourth-order valence-corrected chi connectivity index (χ4v) is 1.87. The van der Waals surface area contributed by atoms with Crippen LogP contribution in [0.2, 0.25) is 10.0 Å². The molecular weight excluding hydrogens is 303 g/mol. The second-order valence-corrected chi connectivity index (χ2v) is 4.57. The molecule has 0 radical (unpaired) electrons. The van der Waals surface area contributed by atoms with E-state index in [9.17, 15) is 10.1 Å². The van der Waals surface area contributed by atoms with E-state index in [-0.39, 0.29) is 27.8 Å². The number of non-ortho nitro benzene ring substituents is 1. The predicted molar refractivity (Wildman–Crippen MR) is 74.3 cm³/mol. The Kier molecular flexibility index (Phi) is 4.08. The molecule has 0 heterocycles. The average molecular weight is 309 g/mol. The van der Waals surface area contributed by atoms with E-state index in [2.05, 4.69) is 0 Å². The molecule has 20 heavy (non-hydrogen) atoms. The van der Waals surface area contributed by atoms with Gasteiger partial charge in [0.25, 0.3) is 5.69 Å². The highest BCUT2D eigenvalue weighted by Crippen LogP contribution is 2.34. The Morgan fingerprint density at radius 3 is 2.45 bits per heavy atom. The van der Waals surface area contributed by atoms with Gasteiger partial charge in [0, 0.05) is 17.2 Å². The molecule has 0 fully saturated rings. The fraction of sp³-hybridized carbons (Fsp3) is 0. The Morgan fingerprint density at radius 1 is 1.15 bits per heavy atom. The van der Waals surface area contributed by atoms with E-state index >= 15 is 0 Å². The van der Waals surface area contributed by atoms with Gasteiger partial charge in [0.2, 0.25) is 0 Å². The van der Waals surface area contributed by atoms with Crippen molar-refractivity contribution in [2.24, 2.45) is 0 Å². The highest BCUT2D eigenvalue weighted by molar-refractivity contribution is 6.32. The van der Waals surface area contributed by atoms with Crippen molar-refractivity contribution >= 4 is 28.9 Å². The molecule has 0 bridgehead atoms. The van der Waals surface area contributed by atoms with Gasteiger partial charge in [0.05, 0.1) is 15.5 Å². The highest BCUT2D eigenvalue weighted by atomic mass is 35.5. The third-order valence-electron chi connectivity index (χ3n) is 2.41. The lowest BCUT2D eigenvalue weighted by Crippen LogP contribution is -1.91. The number of hydrogen-bond donors (Lipinski definition) is 0. The van der Waals surface area contributed by atoms with Gasteiger partial charge in [-0.25, -0.2) is 0 Å². The van der Waals surface area contributed by atoms with Crippen LogP contribution in [-0.4, -0.2) is 4.92 Å². The summed E-state index contributed by atoms with van der Waals surface area (Å²) in [5, 5.41) is 20.1. The van der Waals surface area contributed by atoms with Gasteiger partial charge in [-0.2, -0.15) is 5.26 Å². The van der Waals surface area contributed by atoms with Crippen LogP contribution in [0.4, 0.5) is 5.69 Å². The SMILES string of the molecule is N#Cc1cc(Cl)ccc1Oc1ccc([N+](=O)[O-])cc1Cl. The molecule has 0 aliphatic heterocycles. The molecule has 2 aromatic rings. The predicted octanol–water partition coefficient (Wildman–Crippen LogP) is 4.57. The largest absolute Gasteiger partial charge is 0.454 e. The Balaban J connectivity index is 2.36. The van der Waals surface area contributed by atoms with Crippen LogP contribution in [0.3, 0.4) is 0 Å². The molecule has 0 aromatic heterocycles. The van der Waals surface area contributed by atoms with Crippen molar-refractivity contribution in [3.05, 3.63) is 62.1 Å². The zero-order valence-corrected chi connectivity index (χ0v) is 11.4. The first-order valence-corrected chi connectivity index (χ1v) is 6.08. The summed E-state index contributed by atoms with van der Waals surface area (Å²) in [4.78, 5) is 10.1. The smallest absolute Gasteiger partial charge is 0.271 e. The Morgan fingerprint density at radius 2 is 1.85 bits per heavy atom. The van der Waals surface area contributed by atoms with Crippen molar-refractivity contribution in [2.45, 2.75) is 0 Å². The van der Waals surface area contributed by atoms with Gasteiger partial charge in [-0.15, -0.1) is 0 Å². The molecule has 5 nitrogen and oxygen atoms in total. The molecule has 0 N–H and O–H groups in total. The van der Waals surface area contributed by atoms with Crippen LogP contribution in [0.15, 0.2) is 36.4 Å². The molecule has 100 valence electrons. The maximum atomic E-state index is 10.6. The normalized spacial score (nSPS) is 9.85. The highest BCUT2D eigenvalue weighted by Gasteiger charge is 2.12. The van der Waals surface area contributed by atoms with Gasteiger partial charge in [-0.3, -0.25) is 10.1 Å². The first-order valence-electron chi connectivity index (χ1n) is 5.32. The zero-order valence-electron chi connectivity index (χ0n) is 9.84. The summed E-state index contributed by atoms with van der Waals surface area (Å²) in [6.07, 6.45) is 0. The number of nitro benzene ring substituents is 1. The van der Waals surface area contributed by atoms with Crippen molar-refractivity contribution < 1.29 is 9.66 Å². The second kappa shape index (κ2) is 5.78. The van der Waals surface area contributed by atoms with Gasteiger partial charge < -0.3 is 4.74 Å². The summed E-state index contributed by atoms with van der Waals surface area (Å²) in [5.74, 6) is 0.490. The van der Waals surface area contributed by atoms with Crippen molar-refractivity contribution in [2.75, 3.05) is 0 Å². The van der Waals surface area contributed by atoms with Crippen LogP contribution in [0.5, 0.6) is 11.5 Å². The summed E-state index contributed by atoms with van der Waals surface area (Å²) in [6.45, 7) is 0. The van der Waals surface area contributed by atoms with Crippen LogP contribution in [0.1, 0.15) is 5.56 Å². The minimum atomic E-state index is -0.557. The zero-order chi connectivity index (χ0) is 14.7. The van der Waals surface area contributed by atoms with Crippen LogP contribution < -0.4 is 4.74 Å². The third kappa shape index (κ3) is 2.99. The van der Waals surface area contributed by atoms with E-state index in [0.717, 1.165) is 0 Å². The summed E-state index contributed by atoms with van der Waals surface area (Å²) in [5.41, 5.74) is 0.103. The summed E-state index contributed by atoms with van der Waals surface area (Å²) >= 11 is 11.7. The number of nitriles is 1. The first kappa shape index (κ1) is 14.1. The molecule has 2 rings (SSSR count). The minimum absolute atomic E-state index is 0.0815. The topological polar surface area (TPSA) is 76.2 Å². The number of halogens is 2. The fourth-order valence-electron chi connectivity index (χ4n) is 1.48. The van der Waals surface area contributed by atoms with E-state index < -0.39 is 4.92 Å². The molecule has 0 spiro atoms. The summed E-state index contributed by atoms with van der Waals surface area (Å²) in [7, 11) is 0. The number of nitro groups is 1. The Hall–Kier alpha value is -2.29. The van der Waals surface area contributed by atoms with Gasteiger partial charge in [-0.1, -0.05) is 23.2 Å². The van der Waals surface area contributed by atoms with Crippen LogP contribution >= 0.6 is 23.2 Å². The molecule has 0 atom stereocenters. The Bertz CT molecular complexity index is 726. The van der Waals surface area contributed by atoms with Gasteiger partial charge in [0.15, 0.2) is 0 Å². The van der Waals surface area contributed by atoms with Crippen molar-refractivity contribution in [1.82, 2.24) is 0 Å². The molecule has 0 saturated carbocycles. The van der Waals surface area contributed by atoms with Crippen LogP contribution in [-0.2, 0) is 0 Å².